The van der Waals surface area contributed by atoms with Gasteiger partial charge in [-0.25, -0.2) is 4.98 Å². The lowest BCUT2D eigenvalue weighted by molar-refractivity contribution is 1.08. The highest BCUT2D eigenvalue weighted by Crippen LogP contribution is 2.41. The van der Waals surface area contributed by atoms with Crippen LogP contribution in [-0.2, 0) is 0 Å². The summed E-state index contributed by atoms with van der Waals surface area (Å²) in [4.78, 5) is 9.31. The first kappa shape index (κ1) is 14.0. The third-order valence-electron chi connectivity index (χ3n) is 4.90. The van der Waals surface area contributed by atoms with Crippen LogP contribution in [0.3, 0.4) is 0 Å². The second-order valence-corrected chi connectivity index (χ2v) is 7.41. The monoisotopic (exact) mass is 351 g/mol. The van der Waals surface area contributed by atoms with E-state index in [2.05, 4.69) is 63.1 Å². The van der Waals surface area contributed by atoms with Crippen LogP contribution >= 0.6 is 11.3 Å². The fourth-order valence-electron chi connectivity index (χ4n) is 3.85. The van der Waals surface area contributed by atoms with Crippen molar-refractivity contribution >= 4 is 53.4 Å². The van der Waals surface area contributed by atoms with E-state index in [1.54, 1.807) is 0 Å². The third-order valence-corrected chi connectivity index (χ3v) is 6.04. The molecule has 122 valence electrons. The summed E-state index contributed by atoms with van der Waals surface area (Å²) in [7, 11) is 0. The maximum Gasteiger partial charge on any atom is 0.137 e. The van der Waals surface area contributed by atoms with Gasteiger partial charge in [-0.15, -0.1) is 11.3 Å². The number of hydrogen-bond donors (Lipinski definition) is 0. The van der Waals surface area contributed by atoms with Crippen molar-refractivity contribution in [1.82, 2.24) is 14.5 Å². The van der Waals surface area contributed by atoms with Crippen molar-refractivity contribution in [2.45, 2.75) is 0 Å². The molecule has 26 heavy (non-hydrogen) atoms. The normalized spacial score (nSPS) is 11.8. The number of rotatable bonds is 1. The summed E-state index contributed by atoms with van der Waals surface area (Å²) in [6.07, 6.45) is 3.70. The Morgan fingerprint density at radius 1 is 0.692 bits per heavy atom. The van der Waals surface area contributed by atoms with E-state index in [9.17, 15) is 0 Å². The molecule has 0 saturated heterocycles. The summed E-state index contributed by atoms with van der Waals surface area (Å²) in [5.41, 5.74) is 3.29. The van der Waals surface area contributed by atoms with E-state index in [0.29, 0.717) is 0 Å². The van der Waals surface area contributed by atoms with Gasteiger partial charge in [-0.1, -0.05) is 24.3 Å². The van der Waals surface area contributed by atoms with Crippen molar-refractivity contribution in [3.8, 4) is 5.82 Å². The van der Waals surface area contributed by atoms with Crippen LogP contribution in [0.5, 0.6) is 0 Å². The molecule has 0 atom stereocenters. The van der Waals surface area contributed by atoms with E-state index in [1.165, 1.54) is 31.1 Å². The Hall–Kier alpha value is -3.24. The zero-order chi connectivity index (χ0) is 17.1. The summed E-state index contributed by atoms with van der Waals surface area (Å²) in [6.45, 7) is 0. The maximum absolute atomic E-state index is 4.68. The highest BCUT2D eigenvalue weighted by atomic mass is 32.1. The molecule has 4 heteroatoms. The van der Waals surface area contributed by atoms with Crippen LogP contribution < -0.4 is 0 Å². The van der Waals surface area contributed by atoms with Crippen molar-refractivity contribution in [2.75, 3.05) is 0 Å². The van der Waals surface area contributed by atoms with Crippen molar-refractivity contribution in [3.05, 3.63) is 79.1 Å². The van der Waals surface area contributed by atoms with Gasteiger partial charge in [-0.05, 0) is 42.5 Å². The molecule has 0 aliphatic heterocycles. The summed E-state index contributed by atoms with van der Waals surface area (Å²) >= 11 is 1.84. The van der Waals surface area contributed by atoms with Crippen LogP contribution in [0.4, 0.5) is 0 Å². The molecular formula is C22H13N3S. The molecule has 0 bridgehead atoms. The number of thiophene rings is 1. The molecule has 0 aliphatic carbocycles. The lowest BCUT2D eigenvalue weighted by atomic mass is 10.1. The van der Waals surface area contributed by atoms with Gasteiger partial charge in [0.1, 0.15) is 5.82 Å². The molecule has 0 spiro atoms. The fraction of sp³-hybridized carbons (Fsp3) is 0. The Balaban J connectivity index is 1.96. The van der Waals surface area contributed by atoms with Gasteiger partial charge in [0.2, 0.25) is 0 Å². The minimum Gasteiger partial charge on any atom is -0.291 e. The summed E-state index contributed by atoms with van der Waals surface area (Å²) in [6, 6.07) is 23.2. The largest absolute Gasteiger partial charge is 0.291 e. The number of hydrogen-bond acceptors (Lipinski definition) is 3. The molecule has 3 nitrogen and oxygen atoms in total. The van der Waals surface area contributed by atoms with Crippen molar-refractivity contribution in [2.24, 2.45) is 0 Å². The van der Waals surface area contributed by atoms with E-state index < -0.39 is 0 Å². The molecule has 2 aromatic carbocycles. The smallest absolute Gasteiger partial charge is 0.137 e. The minimum atomic E-state index is 0.920. The molecule has 0 radical (unpaired) electrons. The Kier molecular flexibility index (Phi) is 2.76. The number of pyridine rings is 2. The SMILES string of the molecule is c1ccc(-n2c3cccnc3c3ccc4sc5ccccc5c4c32)nc1. The second-order valence-electron chi connectivity index (χ2n) is 6.33. The fourth-order valence-corrected chi connectivity index (χ4v) is 4.96. The first-order chi connectivity index (χ1) is 12.9. The molecule has 6 aromatic rings. The molecule has 0 amide bonds. The Morgan fingerprint density at radius 2 is 1.58 bits per heavy atom. The van der Waals surface area contributed by atoms with Crippen LogP contribution in [0.25, 0.3) is 47.9 Å². The van der Waals surface area contributed by atoms with E-state index in [-0.39, 0.29) is 0 Å². The molecule has 0 N–H and O–H groups in total. The molecule has 4 heterocycles. The molecule has 0 saturated carbocycles. The van der Waals surface area contributed by atoms with Gasteiger partial charge >= 0.3 is 0 Å². The van der Waals surface area contributed by atoms with E-state index >= 15 is 0 Å². The van der Waals surface area contributed by atoms with E-state index in [1.807, 2.05) is 41.9 Å². The number of benzene rings is 2. The predicted molar refractivity (Wildman–Crippen MR) is 109 cm³/mol. The molecule has 4 aromatic heterocycles. The summed E-state index contributed by atoms with van der Waals surface area (Å²) < 4.78 is 4.85. The second kappa shape index (κ2) is 5.13. The first-order valence-electron chi connectivity index (χ1n) is 8.52. The number of aromatic nitrogens is 3. The van der Waals surface area contributed by atoms with Crippen LogP contribution in [0.15, 0.2) is 79.1 Å². The predicted octanol–water partition coefficient (Wildman–Crippen LogP) is 5.94. The van der Waals surface area contributed by atoms with Crippen molar-refractivity contribution < 1.29 is 0 Å². The van der Waals surface area contributed by atoms with Gasteiger partial charge in [0.25, 0.3) is 0 Å². The summed E-state index contributed by atoms with van der Waals surface area (Å²) in [5, 5.41) is 3.74. The highest BCUT2D eigenvalue weighted by Gasteiger charge is 2.18. The molecular weight excluding hydrogens is 338 g/mol. The average Bonchev–Trinajstić information content (AvgIpc) is 3.24. The lowest BCUT2D eigenvalue weighted by Crippen LogP contribution is -1.96. The molecule has 0 aliphatic rings. The van der Waals surface area contributed by atoms with Crippen LogP contribution in [0.2, 0.25) is 0 Å². The number of nitrogens with zero attached hydrogens (tertiary/aromatic N) is 3. The number of fused-ring (bicyclic) bond motifs is 7. The molecule has 0 fully saturated rings. The van der Waals surface area contributed by atoms with Crippen molar-refractivity contribution in [3.63, 3.8) is 0 Å². The van der Waals surface area contributed by atoms with E-state index in [4.69, 9.17) is 0 Å². The van der Waals surface area contributed by atoms with E-state index in [0.717, 1.165) is 16.9 Å². The average molecular weight is 351 g/mol. The summed E-state index contributed by atoms with van der Waals surface area (Å²) in [5.74, 6) is 0.920. The van der Waals surface area contributed by atoms with Crippen LogP contribution in [0.1, 0.15) is 0 Å². The minimum absolute atomic E-state index is 0.920. The third kappa shape index (κ3) is 1.77. The Morgan fingerprint density at radius 3 is 2.50 bits per heavy atom. The quantitative estimate of drug-likeness (QED) is 0.367. The Labute approximate surface area is 153 Å². The van der Waals surface area contributed by atoms with Crippen molar-refractivity contribution in [1.29, 1.82) is 0 Å². The zero-order valence-electron chi connectivity index (χ0n) is 13.8. The van der Waals surface area contributed by atoms with Crippen LogP contribution in [-0.4, -0.2) is 14.5 Å². The van der Waals surface area contributed by atoms with Gasteiger partial charge in [0.05, 0.1) is 16.6 Å². The molecule has 0 unspecified atom stereocenters. The highest BCUT2D eigenvalue weighted by molar-refractivity contribution is 7.26. The van der Waals surface area contributed by atoms with Gasteiger partial charge in [-0.3, -0.25) is 9.55 Å². The lowest BCUT2D eigenvalue weighted by Gasteiger charge is -2.07. The van der Waals surface area contributed by atoms with Gasteiger partial charge in [0, 0.05) is 38.0 Å². The zero-order valence-corrected chi connectivity index (χ0v) is 14.6. The first-order valence-corrected chi connectivity index (χ1v) is 9.34. The van der Waals surface area contributed by atoms with Gasteiger partial charge < -0.3 is 0 Å². The topological polar surface area (TPSA) is 30.7 Å². The maximum atomic E-state index is 4.68. The standard InChI is InChI=1S/C22H13N3S/c1-2-8-17-14(6-1)20-18(26-17)11-10-15-21-16(7-5-13-24-21)25(22(15)20)19-9-3-4-12-23-19/h1-13H. The van der Waals surface area contributed by atoms with Gasteiger partial charge in [-0.2, -0.15) is 0 Å². The Bertz CT molecular complexity index is 1430. The molecule has 6 rings (SSSR count). The van der Waals surface area contributed by atoms with Crippen LogP contribution in [0, 0.1) is 0 Å². The van der Waals surface area contributed by atoms with Gasteiger partial charge in [0.15, 0.2) is 0 Å².